The van der Waals surface area contributed by atoms with Gasteiger partial charge in [0.15, 0.2) is 11.6 Å². The quantitative estimate of drug-likeness (QED) is 0.752. The van der Waals surface area contributed by atoms with Gasteiger partial charge in [-0.05, 0) is 48.9 Å². The number of benzene rings is 2. The highest BCUT2D eigenvalue weighted by molar-refractivity contribution is 5.96. The molecule has 0 spiro atoms. The van der Waals surface area contributed by atoms with Gasteiger partial charge < -0.3 is 16.0 Å². The van der Waals surface area contributed by atoms with E-state index in [9.17, 15) is 18.4 Å². The Balaban J connectivity index is 1.87. The van der Waals surface area contributed by atoms with E-state index in [1.165, 1.54) is 13.1 Å². The first-order valence-corrected chi connectivity index (χ1v) is 7.71. The van der Waals surface area contributed by atoms with E-state index in [0.717, 1.165) is 12.1 Å². The van der Waals surface area contributed by atoms with Crippen LogP contribution in [0.5, 0.6) is 0 Å². The molecule has 1 atom stereocenters. The molecule has 0 fully saturated rings. The van der Waals surface area contributed by atoms with Gasteiger partial charge >= 0.3 is 0 Å². The Hall–Kier alpha value is -2.80. The minimum Gasteiger partial charge on any atom is -0.355 e. The Morgan fingerprint density at radius 3 is 2.32 bits per heavy atom. The molecule has 0 heterocycles. The minimum absolute atomic E-state index is 0.00262. The van der Waals surface area contributed by atoms with Crippen LogP contribution in [-0.2, 0) is 4.79 Å². The zero-order valence-electron chi connectivity index (χ0n) is 13.9. The van der Waals surface area contributed by atoms with Crippen LogP contribution < -0.4 is 16.0 Å². The summed E-state index contributed by atoms with van der Waals surface area (Å²) < 4.78 is 26.2. The van der Waals surface area contributed by atoms with Crippen molar-refractivity contribution in [1.29, 1.82) is 0 Å². The van der Waals surface area contributed by atoms with Crippen LogP contribution in [0.3, 0.4) is 0 Å². The van der Waals surface area contributed by atoms with Crippen molar-refractivity contribution in [2.75, 3.05) is 18.9 Å². The summed E-state index contributed by atoms with van der Waals surface area (Å²) in [5, 5.41) is 8.14. The third kappa shape index (κ3) is 5.09. The van der Waals surface area contributed by atoms with Gasteiger partial charge in [-0.2, -0.15) is 0 Å². The zero-order chi connectivity index (χ0) is 18.4. The van der Waals surface area contributed by atoms with E-state index in [1.807, 2.05) is 0 Å². The number of carbonyl (C=O) groups is 2. The highest BCUT2D eigenvalue weighted by Crippen LogP contribution is 2.16. The van der Waals surface area contributed by atoms with Crippen molar-refractivity contribution < 1.29 is 18.4 Å². The van der Waals surface area contributed by atoms with Gasteiger partial charge in [0.1, 0.15) is 0 Å². The lowest BCUT2D eigenvalue weighted by Gasteiger charge is -2.14. The second-order valence-electron chi connectivity index (χ2n) is 5.48. The van der Waals surface area contributed by atoms with Gasteiger partial charge in [0.05, 0.1) is 6.54 Å². The molecule has 0 unspecified atom stereocenters. The lowest BCUT2D eigenvalue weighted by atomic mass is 10.1. The fraction of sp³-hybridized carbons (Fsp3) is 0.222. The summed E-state index contributed by atoms with van der Waals surface area (Å²) in [4.78, 5) is 23.4. The second-order valence-corrected chi connectivity index (χ2v) is 5.48. The van der Waals surface area contributed by atoms with Crippen LogP contribution in [0.1, 0.15) is 28.9 Å². The lowest BCUT2D eigenvalue weighted by molar-refractivity contribution is -0.115. The first kappa shape index (κ1) is 18.5. The summed E-state index contributed by atoms with van der Waals surface area (Å²) in [5.74, 6) is -2.33. The number of halogens is 2. The van der Waals surface area contributed by atoms with E-state index < -0.39 is 11.6 Å². The average Bonchev–Trinajstić information content (AvgIpc) is 2.62. The SMILES string of the molecule is CNC(=O)c1ccc(NC(=O)CN[C@H](C)c2ccc(F)c(F)c2)cc1. The summed E-state index contributed by atoms with van der Waals surface area (Å²) in [7, 11) is 1.54. The van der Waals surface area contributed by atoms with Crippen LogP contribution in [0.4, 0.5) is 14.5 Å². The van der Waals surface area contributed by atoms with E-state index in [1.54, 1.807) is 31.2 Å². The van der Waals surface area contributed by atoms with E-state index in [2.05, 4.69) is 16.0 Å². The van der Waals surface area contributed by atoms with Crippen LogP contribution in [0.25, 0.3) is 0 Å². The van der Waals surface area contributed by atoms with E-state index >= 15 is 0 Å². The lowest BCUT2D eigenvalue weighted by Crippen LogP contribution is -2.30. The summed E-state index contributed by atoms with van der Waals surface area (Å²) in [5.41, 5.74) is 1.59. The van der Waals surface area contributed by atoms with Gasteiger partial charge in [-0.25, -0.2) is 8.78 Å². The molecule has 3 N–H and O–H groups in total. The maximum absolute atomic E-state index is 13.2. The number of amides is 2. The molecular formula is C18H19F2N3O2. The zero-order valence-corrected chi connectivity index (χ0v) is 13.9. The van der Waals surface area contributed by atoms with Crippen LogP contribution >= 0.6 is 0 Å². The smallest absolute Gasteiger partial charge is 0.251 e. The number of hydrogen-bond donors (Lipinski definition) is 3. The molecule has 2 aromatic rings. The fourth-order valence-electron chi connectivity index (χ4n) is 2.20. The maximum Gasteiger partial charge on any atom is 0.251 e. The predicted molar refractivity (Wildman–Crippen MR) is 91.2 cm³/mol. The third-order valence-electron chi connectivity index (χ3n) is 3.67. The summed E-state index contributed by atoms with van der Waals surface area (Å²) in [6.07, 6.45) is 0. The molecule has 0 saturated heterocycles. The van der Waals surface area contributed by atoms with Crippen molar-refractivity contribution in [3.63, 3.8) is 0 Å². The standard InChI is InChI=1S/C18H19F2N3O2/c1-11(13-5-8-15(19)16(20)9-13)22-10-17(24)23-14-6-3-12(4-7-14)18(25)21-2/h3-9,11,22H,10H2,1-2H3,(H,21,25)(H,23,24)/t11-/m1/s1. The Labute approximate surface area is 144 Å². The Morgan fingerprint density at radius 2 is 1.72 bits per heavy atom. The largest absolute Gasteiger partial charge is 0.355 e. The van der Waals surface area contributed by atoms with Crippen LogP contribution in [0.2, 0.25) is 0 Å². The molecule has 0 bridgehead atoms. The molecule has 0 aliphatic rings. The molecule has 2 rings (SSSR count). The van der Waals surface area contributed by atoms with Gasteiger partial charge in [0.2, 0.25) is 5.91 Å². The topological polar surface area (TPSA) is 70.2 Å². The van der Waals surface area contributed by atoms with Crippen LogP contribution in [0, 0.1) is 11.6 Å². The number of carbonyl (C=O) groups excluding carboxylic acids is 2. The maximum atomic E-state index is 13.2. The molecule has 7 heteroatoms. The van der Waals surface area contributed by atoms with E-state index in [4.69, 9.17) is 0 Å². The van der Waals surface area contributed by atoms with Crippen molar-refractivity contribution in [2.24, 2.45) is 0 Å². The van der Waals surface area contributed by atoms with E-state index in [-0.39, 0.29) is 24.4 Å². The normalized spacial score (nSPS) is 11.7. The second kappa shape index (κ2) is 8.34. The molecule has 132 valence electrons. The molecule has 0 radical (unpaired) electrons. The number of rotatable bonds is 6. The Kier molecular flexibility index (Phi) is 6.19. The molecule has 0 saturated carbocycles. The molecule has 0 aliphatic heterocycles. The van der Waals surface area contributed by atoms with Crippen molar-refractivity contribution in [2.45, 2.75) is 13.0 Å². The molecule has 0 aromatic heterocycles. The van der Waals surface area contributed by atoms with Gasteiger partial charge in [0.25, 0.3) is 5.91 Å². The first-order valence-electron chi connectivity index (χ1n) is 7.71. The average molecular weight is 347 g/mol. The Bertz CT molecular complexity index is 763. The highest BCUT2D eigenvalue weighted by Gasteiger charge is 2.11. The van der Waals surface area contributed by atoms with Crippen molar-refractivity contribution >= 4 is 17.5 Å². The summed E-state index contributed by atoms with van der Waals surface area (Å²) in [6, 6.07) is 9.75. The molecular weight excluding hydrogens is 328 g/mol. The van der Waals surface area contributed by atoms with Gasteiger partial charge in [0, 0.05) is 24.3 Å². The fourth-order valence-corrected chi connectivity index (χ4v) is 2.20. The van der Waals surface area contributed by atoms with Gasteiger partial charge in [-0.15, -0.1) is 0 Å². The van der Waals surface area contributed by atoms with Gasteiger partial charge in [-0.3, -0.25) is 9.59 Å². The molecule has 25 heavy (non-hydrogen) atoms. The van der Waals surface area contributed by atoms with Gasteiger partial charge in [-0.1, -0.05) is 6.07 Å². The number of anilines is 1. The number of hydrogen-bond acceptors (Lipinski definition) is 3. The monoisotopic (exact) mass is 347 g/mol. The summed E-state index contributed by atoms with van der Waals surface area (Å²) >= 11 is 0. The molecule has 0 aliphatic carbocycles. The van der Waals surface area contributed by atoms with Crippen LogP contribution in [-0.4, -0.2) is 25.4 Å². The summed E-state index contributed by atoms with van der Waals surface area (Å²) in [6.45, 7) is 1.75. The van der Waals surface area contributed by atoms with Crippen LogP contribution in [0.15, 0.2) is 42.5 Å². The predicted octanol–water partition coefficient (Wildman–Crippen LogP) is 2.61. The Morgan fingerprint density at radius 1 is 1.04 bits per heavy atom. The van der Waals surface area contributed by atoms with Crippen molar-refractivity contribution in [3.05, 3.63) is 65.2 Å². The third-order valence-corrected chi connectivity index (χ3v) is 3.67. The van der Waals surface area contributed by atoms with Crippen molar-refractivity contribution in [1.82, 2.24) is 10.6 Å². The highest BCUT2D eigenvalue weighted by atomic mass is 19.2. The minimum atomic E-state index is -0.924. The number of nitrogens with one attached hydrogen (secondary N) is 3. The molecule has 5 nitrogen and oxygen atoms in total. The van der Waals surface area contributed by atoms with E-state index in [0.29, 0.717) is 16.8 Å². The molecule has 2 amide bonds. The van der Waals surface area contributed by atoms with Crippen molar-refractivity contribution in [3.8, 4) is 0 Å². The first-order chi connectivity index (χ1) is 11.9. The molecule has 2 aromatic carbocycles.